The van der Waals surface area contributed by atoms with E-state index in [1.807, 2.05) is 68.1 Å². The summed E-state index contributed by atoms with van der Waals surface area (Å²) in [4.78, 5) is 33.5. The Balaban J connectivity index is 1.07. The van der Waals surface area contributed by atoms with Gasteiger partial charge in [-0.2, -0.15) is 0 Å². The van der Waals surface area contributed by atoms with E-state index in [0.717, 1.165) is 56.0 Å². The zero-order chi connectivity index (χ0) is 28.2. The molecular formula is C31H42N4O5. The summed E-state index contributed by atoms with van der Waals surface area (Å²) in [5.74, 6) is 0.852. The van der Waals surface area contributed by atoms with E-state index >= 15 is 0 Å². The summed E-state index contributed by atoms with van der Waals surface area (Å²) < 4.78 is 17.2. The minimum atomic E-state index is -0.475. The first-order valence-corrected chi connectivity index (χ1v) is 14.4. The second kappa shape index (κ2) is 12.0. The molecule has 0 atom stereocenters. The number of carbonyl (C=O) groups excluding carboxylic acids is 2. The van der Waals surface area contributed by atoms with E-state index in [1.165, 1.54) is 0 Å². The standard InChI is InChI=1S/C31H42N4O5/c1-30(2,3)40-29(37)33-16-14-32(15-17-33)20-21-38-27-11-7-10-26(22-27)35-19-18-34(24-31(35)12-13-31)28(36)39-23-25-8-5-4-6-9-25/h4-11,22H,12-21,23-24H2,1-3H3. The van der Waals surface area contributed by atoms with Gasteiger partial charge in [0.25, 0.3) is 0 Å². The largest absolute Gasteiger partial charge is 0.492 e. The third kappa shape index (κ3) is 7.18. The molecule has 216 valence electrons. The Kier molecular flexibility index (Phi) is 8.40. The molecule has 1 saturated carbocycles. The predicted octanol–water partition coefficient (Wildman–Crippen LogP) is 4.61. The lowest BCUT2D eigenvalue weighted by molar-refractivity contribution is 0.0137. The van der Waals surface area contributed by atoms with Crippen LogP contribution in [0.2, 0.25) is 0 Å². The maximum atomic E-state index is 12.8. The van der Waals surface area contributed by atoms with Gasteiger partial charge < -0.3 is 28.9 Å². The van der Waals surface area contributed by atoms with E-state index in [0.29, 0.717) is 39.4 Å². The van der Waals surface area contributed by atoms with Gasteiger partial charge in [0, 0.05) is 64.1 Å². The summed E-state index contributed by atoms with van der Waals surface area (Å²) in [5, 5.41) is 0. The van der Waals surface area contributed by atoms with Crippen molar-refractivity contribution in [3.63, 3.8) is 0 Å². The minimum absolute atomic E-state index is 0.0174. The molecule has 2 aliphatic heterocycles. The number of amides is 2. The number of anilines is 1. The van der Waals surface area contributed by atoms with Crippen LogP contribution in [0, 0.1) is 0 Å². The molecule has 3 aliphatic rings. The highest BCUT2D eigenvalue weighted by Gasteiger charge is 2.52. The zero-order valence-corrected chi connectivity index (χ0v) is 24.0. The van der Waals surface area contributed by atoms with Crippen molar-refractivity contribution in [3.8, 4) is 5.75 Å². The molecule has 2 aromatic carbocycles. The van der Waals surface area contributed by atoms with Crippen molar-refractivity contribution in [1.82, 2.24) is 14.7 Å². The minimum Gasteiger partial charge on any atom is -0.492 e. The van der Waals surface area contributed by atoms with Crippen LogP contribution >= 0.6 is 0 Å². The molecule has 9 heteroatoms. The number of rotatable bonds is 7. The van der Waals surface area contributed by atoms with Crippen LogP contribution in [-0.2, 0) is 16.1 Å². The smallest absolute Gasteiger partial charge is 0.410 e. The van der Waals surface area contributed by atoms with Crippen LogP contribution in [-0.4, -0.2) is 97.0 Å². The molecule has 3 fully saturated rings. The SMILES string of the molecule is CC(C)(C)OC(=O)N1CCN(CCOc2cccc(N3CCN(C(=O)OCc4ccccc4)CC34CC4)c2)CC1. The van der Waals surface area contributed by atoms with Crippen molar-refractivity contribution in [3.05, 3.63) is 60.2 Å². The predicted molar refractivity (Wildman–Crippen MR) is 154 cm³/mol. The quantitative estimate of drug-likeness (QED) is 0.499. The molecular weight excluding hydrogens is 508 g/mol. The maximum absolute atomic E-state index is 12.8. The van der Waals surface area contributed by atoms with Gasteiger partial charge in [0.1, 0.15) is 24.6 Å². The third-order valence-electron chi connectivity index (χ3n) is 7.77. The summed E-state index contributed by atoms with van der Waals surface area (Å²) in [7, 11) is 0. The number of benzene rings is 2. The molecule has 40 heavy (non-hydrogen) atoms. The normalized spacial score (nSPS) is 18.9. The molecule has 0 aromatic heterocycles. The monoisotopic (exact) mass is 550 g/mol. The molecule has 2 amide bonds. The lowest BCUT2D eigenvalue weighted by Gasteiger charge is -2.43. The number of hydrogen-bond acceptors (Lipinski definition) is 7. The van der Waals surface area contributed by atoms with Gasteiger partial charge in [0.05, 0.1) is 5.54 Å². The van der Waals surface area contributed by atoms with Gasteiger partial charge in [0.15, 0.2) is 0 Å². The number of carbonyl (C=O) groups is 2. The van der Waals surface area contributed by atoms with E-state index in [-0.39, 0.29) is 17.7 Å². The second-order valence-electron chi connectivity index (χ2n) is 12.0. The molecule has 0 radical (unpaired) electrons. The number of nitrogens with zero attached hydrogens (tertiary/aromatic N) is 4. The topological polar surface area (TPSA) is 74.8 Å². The van der Waals surface area contributed by atoms with Gasteiger partial charge in [-0.3, -0.25) is 4.90 Å². The molecule has 9 nitrogen and oxygen atoms in total. The lowest BCUT2D eigenvalue weighted by Crippen LogP contribution is -2.56. The van der Waals surface area contributed by atoms with Crippen molar-refractivity contribution in [2.75, 3.05) is 63.9 Å². The summed E-state index contributed by atoms with van der Waals surface area (Å²) in [5.41, 5.74) is 1.64. The van der Waals surface area contributed by atoms with E-state index < -0.39 is 5.60 Å². The molecule has 2 aromatic rings. The highest BCUT2D eigenvalue weighted by Crippen LogP contribution is 2.47. The highest BCUT2D eigenvalue weighted by atomic mass is 16.6. The van der Waals surface area contributed by atoms with Crippen molar-refractivity contribution in [2.24, 2.45) is 0 Å². The Bertz CT molecular complexity index is 1160. The fourth-order valence-electron chi connectivity index (χ4n) is 5.43. The average molecular weight is 551 g/mol. The molecule has 0 N–H and O–H groups in total. The summed E-state index contributed by atoms with van der Waals surface area (Å²) in [6.45, 7) is 12.4. The first-order chi connectivity index (χ1) is 19.2. The van der Waals surface area contributed by atoms with E-state index in [9.17, 15) is 9.59 Å². The number of hydrogen-bond donors (Lipinski definition) is 0. The van der Waals surface area contributed by atoms with Crippen molar-refractivity contribution in [1.29, 1.82) is 0 Å². The van der Waals surface area contributed by atoms with Gasteiger partial charge in [-0.25, -0.2) is 9.59 Å². The van der Waals surface area contributed by atoms with E-state index in [1.54, 1.807) is 4.90 Å². The Morgan fingerprint density at radius 3 is 2.27 bits per heavy atom. The van der Waals surface area contributed by atoms with Crippen LogP contribution in [0.15, 0.2) is 54.6 Å². The second-order valence-corrected chi connectivity index (χ2v) is 12.0. The molecule has 0 unspecified atom stereocenters. The number of ether oxygens (including phenoxy) is 3. The van der Waals surface area contributed by atoms with Crippen LogP contribution in [0.4, 0.5) is 15.3 Å². The van der Waals surface area contributed by atoms with Crippen molar-refractivity contribution >= 4 is 17.9 Å². The number of piperazine rings is 2. The average Bonchev–Trinajstić information content (AvgIpc) is 3.70. The molecule has 0 bridgehead atoms. The van der Waals surface area contributed by atoms with Crippen LogP contribution in [0.5, 0.6) is 5.75 Å². The summed E-state index contributed by atoms with van der Waals surface area (Å²) in [6, 6.07) is 18.1. The molecule has 2 saturated heterocycles. The Hall–Kier alpha value is -3.46. The van der Waals surface area contributed by atoms with Crippen LogP contribution in [0.1, 0.15) is 39.2 Å². The van der Waals surface area contributed by atoms with Gasteiger partial charge in [0.2, 0.25) is 0 Å². The van der Waals surface area contributed by atoms with Gasteiger partial charge in [-0.1, -0.05) is 36.4 Å². The van der Waals surface area contributed by atoms with Crippen LogP contribution in [0.25, 0.3) is 0 Å². The molecule has 2 heterocycles. The highest BCUT2D eigenvalue weighted by molar-refractivity contribution is 5.69. The Labute approximate surface area is 237 Å². The fraction of sp³-hybridized carbons (Fsp3) is 0.548. The van der Waals surface area contributed by atoms with Crippen molar-refractivity contribution in [2.45, 2.75) is 51.4 Å². The fourth-order valence-corrected chi connectivity index (χ4v) is 5.43. The molecule has 1 spiro atoms. The van der Waals surface area contributed by atoms with Crippen molar-refractivity contribution < 1.29 is 23.8 Å². The van der Waals surface area contributed by atoms with Gasteiger partial charge >= 0.3 is 12.2 Å². The summed E-state index contributed by atoms with van der Waals surface area (Å²) >= 11 is 0. The third-order valence-corrected chi connectivity index (χ3v) is 7.77. The maximum Gasteiger partial charge on any atom is 0.410 e. The Morgan fingerprint density at radius 2 is 1.57 bits per heavy atom. The van der Waals surface area contributed by atoms with E-state index in [4.69, 9.17) is 14.2 Å². The zero-order valence-electron chi connectivity index (χ0n) is 24.0. The van der Waals surface area contributed by atoms with Gasteiger partial charge in [-0.05, 0) is 51.3 Å². The van der Waals surface area contributed by atoms with Crippen LogP contribution < -0.4 is 9.64 Å². The lowest BCUT2D eigenvalue weighted by atomic mass is 10.1. The van der Waals surface area contributed by atoms with E-state index in [2.05, 4.69) is 21.9 Å². The van der Waals surface area contributed by atoms with Crippen LogP contribution in [0.3, 0.4) is 0 Å². The first-order valence-electron chi connectivity index (χ1n) is 14.4. The van der Waals surface area contributed by atoms with Gasteiger partial charge in [-0.15, -0.1) is 0 Å². The molecule has 1 aliphatic carbocycles. The summed E-state index contributed by atoms with van der Waals surface area (Å²) in [6.07, 6.45) is 1.66. The Morgan fingerprint density at radius 1 is 0.850 bits per heavy atom. The first kappa shape index (κ1) is 28.1. The molecule has 5 rings (SSSR count).